The Morgan fingerprint density at radius 2 is 0.542 bits per heavy atom. The molecule has 0 saturated carbocycles. The molecular formula is C66H108O6. The van der Waals surface area contributed by atoms with Gasteiger partial charge in [0.25, 0.3) is 0 Å². The van der Waals surface area contributed by atoms with Crippen LogP contribution in [-0.4, -0.2) is 37.2 Å². The highest BCUT2D eigenvalue weighted by Crippen LogP contribution is 2.15. The Morgan fingerprint density at radius 1 is 0.292 bits per heavy atom. The molecule has 408 valence electrons. The zero-order valence-electron chi connectivity index (χ0n) is 46.7. The standard InChI is InChI=1S/C66H108O6/c1-4-7-10-13-15-17-19-21-23-24-25-26-27-28-29-30-31-32-33-34-35-36-37-38-39-40-41-42-43-45-46-48-50-53-56-59-65(68)71-62-63(61-70-64(67)58-55-52-12-9-6-3)72-66(69)60-57-54-51-49-47-44-22-20-18-16-14-11-8-5-2/h7,10,15,17,21,23,25-26,28-29,31-32,34-35,37-38,40-41,43,45,63H,4-6,8-9,11-14,16,18-20,22,24,27,30,33,36,39,42,44,46-62H2,1-3H3/b10-7-,17-15-,23-21-,26-25-,29-28-,32-31-,35-34-,38-37-,41-40-,45-43-. The molecule has 0 heterocycles. The zero-order chi connectivity index (χ0) is 52.2. The van der Waals surface area contributed by atoms with Gasteiger partial charge in [0.2, 0.25) is 0 Å². The molecule has 0 spiro atoms. The first kappa shape index (κ1) is 67.8. The molecule has 0 amide bonds. The molecule has 0 aromatic rings. The lowest BCUT2D eigenvalue weighted by atomic mass is 10.0. The van der Waals surface area contributed by atoms with E-state index in [2.05, 4.69) is 142 Å². The van der Waals surface area contributed by atoms with Crippen LogP contribution < -0.4 is 0 Å². The van der Waals surface area contributed by atoms with Crippen LogP contribution in [0, 0.1) is 0 Å². The number of hydrogen-bond acceptors (Lipinski definition) is 6. The van der Waals surface area contributed by atoms with Crippen LogP contribution in [0.25, 0.3) is 0 Å². The molecule has 0 aromatic carbocycles. The van der Waals surface area contributed by atoms with Crippen molar-refractivity contribution in [2.75, 3.05) is 13.2 Å². The Kier molecular flexibility index (Phi) is 55.9. The fraction of sp³-hybridized carbons (Fsp3) is 0.652. The van der Waals surface area contributed by atoms with Crippen molar-refractivity contribution < 1.29 is 28.6 Å². The van der Waals surface area contributed by atoms with E-state index in [-0.39, 0.29) is 31.1 Å². The lowest BCUT2D eigenvalue weighted by Crippen LogP contribution is -2.30. The van der Waals surface area contributed by atoms with Gasteiger partial charge in [-0.1, -0.05) is 264 Å². The molecule has 72 heavy (non-hydrogen) atoms. The number of carbonyl (C=O) groups excluding carboxylic acids is 3. The van der Waals surface area contributed by atoms with E-state index in [9.17, 15) is 14.4 Å². The number of ether oxygens (including phenoxy) is 3. The van der Waals surface area contributed by atoms with E-state index < -0.39 is 6.10 Å². The third-order valence-corrected chi connectivity index (χ3v) is 12.2. The topological polar surface area (TPSA) is 78.9 Å². The highest BCUT2D eigenvalue weighted by atomic mass is 16.6. The Balaban J connectivity index is 4.11. The van der Waals surface area contributed by atoms with E-state index in [0.717, 1.165) is 141 Å². The molecule has 1 unspecified atom stereocenters. The average Bonchev–Trinajstić information content (AvgIpc) is 3.38. The molecule has 0 aliphatic carbocycles. The van der Waals surface area contributed by atoms with Gasteiger partial charge in [-0.15, -0.1) is 0 Å². The lowest BCUT2D eigenvalue weighted by Gasteiger charge is -2.18. The summed E-state index contributed by atoms with van der Waals surface area (Å²) < 4.78 is 16.7. The van der Waals surface area contributed by atoms with Crippen molar-refractivity contribution in [1.82, 2.24) is 0 Å². The molecule has 0 radical (unpaired) electrons. The Bertz CT molecular complexity index is 1520. The normalized spacial score (nSPS) is 13.0. The molecule has 6 nitrogen and oxygen atoms in total. The molecule has 0 aliphatic heterocycles. The van der Waals surface area contributed by atoms with Gasteiger partial charge in [0.05, 0.1) is 0 Å². The summed E-state index contributed by atoms with van der Waals surface area (Å²) >= 11 is 0. The SMILES string of the molecule is CC/C=C\C/C=C\C/C=C\C/C=C\C/C=C\C/C=C\C/C=C\C/C=C\C/C=C\C/C=C\CCCCCCC(=O)OCC(COC(=O)CCCCCCC)OC(=O)CCCCCCCCCCCCCCCC. The number of allylic oxidation sites excluding steroid dienone is 20. The summed E-state index contributed by atoms with van der Waals surface area (Å²) in [5.74, 6) is -0.926. The molecule has 0 aromatic heterocycles. The van der Waals surface area contributed by atoms with Gasteiger partial charge in [-0.05, 0) is 96.3 Å². The summed E-state index contributed by atoms with van der Waals surface area (Å²) in [6, 6.07) is 0. The molecule has 0 rings (SSSR count). The number of esters is 3. The van der Waals surface area contributed by atoms with Gasteiger partial charge >= 0.3 is 17.9 Å². The van der Waals surface area contributed by atoms with Gasteiger partial charge < -0.3 is 14.2 Å². The van der Waals surface area contributed by atoms with Crippen LogP contribution >= 0.6 is 0 Å². The predicted molar refractivity (Wildman–Crippen MR) is 311 cm³/mol. The third-order valence-electron chi connectivity index (χ3n) is 12.2. The minimum atomic E-state index is -0.784. The van der Waals surface area contributed by atoms with Crippen molar-refractivity contribution in [3.63, 3.8) is 0 Å². The first-order valence-corrected chi connectivity index (χ1v) is 29.5. The highest BCUT2D eigenvalue weighted by molar-refractivity contribution is 5.71. The fourth-order valence-corrected chi connectivity index (χ4v) is 7.82. The van der Waals surface area contributed by atoms with E-state index in [4.69, 9.17) is 14.2 Å². The maximum atomic E-state index is 12.7. The average molecular weight is 998 g/mol. The minimum Gasteiger partial charge on any atom is -0.462 e. The number of carbonyl (C=O) groups is 3. The minimum absolute atomic E-state index is 0.0863. The van der Waals surface area contributed by atoms with Crippen molar-refractivity contribution in [1.29, 1.82) is 0 Å². The maximum absolute atomic E-state index is 12.7. The second-order valence-corrected chi connectivity index (χ2v) is 19.2. The van der Waals surface area contributed by atoms with E-state index in [1.165, 1.54) is 77.0 Å². The zero-order valence-corrected chi connectivity index (χ0v) is 46.7. The van der Waals surface area contributed by atoms with E-state index in [1.807, 2.05) is 0 Å². The Morgan fingerprint density at radius 3 is 0.847 bits per heavy atom. The number of rotatable bonds is 52. The molecule has 0 N–H and O–H groups in total. The largest absolute Gasteiger partial charge is 0.462 e. The summed E-state index contributed by atoms with van der Waals surface area (Å²) in [5, 5.41) is 0. The maximum Gasteiger partial charge on any atom is 0.306 e. The number of hydrogen-bond donors (Lipinski definition) is 0. The van der Waals surface area contributed by atoms with Gasteiger partial charge in [0.15, 0.2) is 6.10 Å². The molecule has 0 bridgehead atoms. The summed E-state index contributed by atoms with van der Waals surface area (Å²) in [6.07, 6.45) is 82.4. The first-order chi connectivity index (χ1) is 35.5. The monoisotopic (exact) mass is 997 g/mol. The lowest BCUT2D eigenvalue weighted by molar-refractivity contribution is -0.167. The van der Waals surface area contributed by atoms with Gasteiger partial charge in [-0.3, -0.25) is 14.4 Å². The Hall–Kier alpha value is -4.19. The van der Waals surface area contributed by atoms with Crippen LogP contribution in [0.1, 0.15) is 258 Å². The van der Waals surface area contributed by atoms with Crippen molar-refractivity contribution in [2.24, 2.45) is 0 Å². The quantitative estimate of drug-likeness (QED) is 0.0261. The summed E-state index contributed by atoms with van der Waals surface area (Å²) in [7, 11) is 0. The van der Waals surface area contributed by atoms with E-state index >= 15 is 0 Å². The van der Waals surface area contributed by atoms with Gasteiger partial charge in [0.1, 0.15) is 13.2 Å². The van der Waals surface area contributed by atoms with Crippen LogP contribution in [0.2, 0.25) is 0 Å². The summed E-state index contributed by atoms with van der Waals surface area (Å²) in [4.78, 5) is 37.7. The van der Waals surface area contributed by atoms with Gasteiger partial charge in [0, 0.05) is 19.3 Å². The smallest absolute Gasteiger partial charge is 0.306 e. The second-order valence-electron chi connectivity index (χ2n) is 19.2. The summed E-state index contributed by atoms with van der Waals surface area (Å²) in [5.41, 5.74) is 0. The van der Waals surface area contributed by atoms with Crippen LogP contribution in [-0.2, 0) is 28.6 Å². The third kappa shape index (κ3) is 56.7. The number of unbranched alkanes of at least 4 members (excludes halogenated alkanes) is 21. The van der Waals surface area contributed by atoms with Crippen LogP contribution in [0.15, 0.2) is 122 Å². The van der Waals surface area contributed by atoms with Crippen molar-refractivity contribution >= 4 is 17.9 Å². The van der Waals surface area contributed by atoms with Crippen LogP contribution in [0.3, 0.4) is 0 Å². The molecule has 6 heteroatoms. The van der Waals surface area contributed by atoms with Crippen molar-refractivity contribution in [2.45, 2.75) is 264 Å². The fourth-order valence-electron chi connectivity index (χ4n) is 7.82. The van der Waals surface area contributed by atoms with Crippen LogP contribution in [0.5, 0.6) is 0 Å². The highest BCUT2D eigenvalue weighted by Gasteiger charge is 2.19. The van der Waals surface area contributed by atoms with E-state index in [1.54, 1.807) is 0 Å². The predicted octanol–water partition coefficient (Wildman–Crippen LogP) is 20.0. The second kappa shape index (κ2) is 59.4. The van der Waals surface area contributed by atoms with E-state index in [0.29, 0.717) is 19.3 Å². The van der Waals surface area contributed by atoms with Gasteiger partial charge in [-0.25, -0.2) is 0 Å². The van der Waals surface area contributed by atoms with Gasteiger partial charge in [-0.2, -0.15) is 0 Å². The molecule has 0 fully saturated rings. The van der Waals surface area contributed by atoms with Crippen molar-refractivity contribution in [3.05, 3.63) is 122 Å². The molecule has 1 atom stereocenters. The van der Waals surface area contributed by atoms with Crippen LogP contribution in [0.4, 0.5) is 0 Å². The Labute approximate surface area is 443 Å². The molecular weight excluding hydrogens is 889 g/mol. The molecule has 0 aliphatic rings. The summed E-state index contributed by atoms with van der Waals surface area (Å²) in [6.45, 7) is 6.42. The first-order valence-electron chi connectivity index (χ1n) is 29.5. The van der Waals surface area contributed by atoms with Crippen molar-refractivity contribution in [3.8, 4) is 0 Å². The molecule has 0 saturated heterocycles.